The third-order valence-electron chi connectivity index (χ3n) is 5.58. The molecule has 0 aromatic heterocycles. The summed E-state index contributed by atoms with van der Waals surface area (Å²) in [5, 5.41) is 6.68. The lowest BCUT2D eigenvalue weighted by atomic mass is 9.79. The van der Waals surface area contributed by atoms with Crippen LogP contribution in [0.1, 0.15) is 84.0 Å². The molecule has 2 rings (SSSR count). The van der Waals surface area contributed by atoms with Gasteiger partial charge in [0.05, 0.1) is 0 Å². The number of unbranched alkanes of at least 4 members (excludes halogenated alkanes) is 1. The zero-order chi connectivity index (χ0) is 21.7. The topological polar surface area (TPSA) is 61.4 Å². The van der Waals surface area contributed by atoms with Crippen molar-refractivity contribution in [3.05, 3.63) is 35.9 Å². The maximum atomic E-state index is 13.3. The van der Waals surface area contributed by atoms with Crippen LogP contribution in [0.5, 0.6) is 0 Å². The van der Waals surface area contributed by atoms with Crippen LogP contribution in [-0.4, -0.2) is 46.4 Å². The first-order valence-electron chi connectivity index (χ1n) is 11.0. The number of amides is 2. The standard InChI is InChI=1S/C24H39N3O2/c1-7-8-14-27(20-16-23(3,4)26-24(5,6)17-20)21(28)15-18(2)25-22(29)19-12-10-9-11-13-19/h9-13,18,20,26H,7-8,14-17H2,1-6H3,(H,25,29). The van der Waals surface area contributed by atoms with Gasteiger partial charge in [-0.15, -0.1) is 0 Å². The number of rotatable bonds is 8. The number of nitrogens with one attached hydrogen (secondary N) is 2. The van der Waals surface area contributed by atoms with Gasteiger partial charge in [-0.1, -0.05) is 31.5 Å². The Morgan fingerprint density at radius 1 is 1.14 bits per heavy atom. The summed E-state index contributed by atoms with van der Waals surface area (Å²) in [6.07, 6.45) is 4.27. The minimum absolute atomic E-state index is 0.00962. The summed E-state index contributed by atoms with van der Waals surface area (Å²) in [6, 6.07) is 9.17. The van der Waals surface area contributed by atoms with Crippen LogP contribution in [0, 0.1) is 0 Å². The molecule has 1 aromatic rings. The van der Waals surface area contributed by atoms with Crippen molar-refractivity contribution in [2.75, 3.05) is 6.54 Å². The van der Waals surface area contributed by atoms with Gasteiger partial charge in [0.15, 0.2) is 0 Å². The predicted molar refractivity (Wildman–Crippen MR) is 119 cm³/mol. The third kappa shape index (κ3) is 7.14. The van der Waals surface area contributed by atoms with E-state index in [2.05, 4.69) is 50.2 Å². The lowest BCUT2D eigenvalue weighted by Gasteiger charge is -2.49. The van der Waals surface area contributed by atoms with E-state index in [1.165, 1.54) is 0 Å². The van der Waals surface area contributed by atoms with Gasteiger partial charge >= 0.3 is 0 Å². The predicted octanol–water partition coefficient (Wildman–Crippen LogP) is 4.13. The van der Waals surface area contributed by atoms with Crippen LogP contribution < -0.4 is 10.6 Å². The maximum Gasteiger partial charge on any atom is 0.251 e. The van der Waals surface area contributed by atoms with Crippen molar-refractivity contribution < 1.29 is 9.59 Å². The monoisotopic (exact) mass is 401 g/mol. The first kappa shape index (κ1) is 23.4. The summed E-state index contributed by atoms with van der Waals surface area (Å²) >= 11 is 0. The fraction of sp³-hybridized carbons (Fsp3) is 0.667. The fourth-order valence-corrected chi connectivity index (χ4v) is 4.66. The van der Waals surface area contributed by atoms with Crippen LogP contribution in [0.4, 0.5) is 0 Å². The SMILES string of the molecule is CCCCN(C(=O)CC(C)NC(=O)c1ccccc1)C1CC(C)(C)NC(C)(C)C1. The Kier molecular flexibility index (Phi) is 7.87. The van der Waals surface area contributed by atoms with E-state index in [0.717, 1.165) is 32.2 Å². The van der Waals surface area contributed by atoms with Crippen molar-refractivity contribution in [1.82, 2.24) is 15.5 Å². The molecule has 1 aliphatic rings. The van der Waals surface area contributed by atoms with Crippen molar-refractivity contribution in [2.45, 2.75) is 96.8 Å². The molecule has 0 bridgehead atoms. The fourth-order valence-electron chi connectivity index (χ4n) is 4.66. The van der Waals surface area contributed by atoms with Gasteiger partial charge < -0.3 is 15.5 Å². The molecule has 1 aromatic carbocycles. The number of benzene rings is 1. The molecule has 0 aliphatic carbocycles. The molecule has 1 heterocycles. The molecule has 5 nitrogen and oxygen atoms in total. The molecule has 5 heteroatoms. The van der Waals surface area contributed by atoms with Crippen molar-refractivity contribution in [1.29, 1.82) is 0 Å². The van der Waals surface area contributed by atoms with E-state index in [4.69, 9.17) is 0 Å². The highest BCUT2D eigenvalue weighted by Crippen LogP contribution is 2.32. The summed E-state index contributed by atoms with van der Waals surface area (Å²) in [4.78, 5) is 27.7. The van der Waals surface area contributed by atoms with Gasteiger partial charge in [0.1, 0.15) is 0 Å². The Balaban J connectivity index is 2.05. The Morgan fingerprint density at radius 2 is 1.72 bits per heavy atom. The lowest BCUT2D eigenvalue weighted by Crippen LogP contribution is -2.63. The number of nitrogens with zero attached hydrogens (tertiary/aromatic N) is 1. The summed E-state index contributed by atoms with van der Waals surface area (Å²) in [6.45, 7) is 13.7. The smallest absolute Gasteiger partial charge is 0.251 e. The molecule has 1 atom stereocenters. The molecule has 0 saturated carbocycles. The molecule has 2 N–H and O–H groups in total. The molecule has 1 saturated heterocycles. The summed E-state index contributed by atoms with van der Waals surface area (Å²) in [5.41, 5.74) is 0.603. The van der Waals surface area contributed by atoms with Gasteiger partial charge in [0.2, 0.25) is 5.91 Å². The molecule has 0 radical (unpaired) electrons. The van der Waals surface area contributed by atoms with E-state index < -0.39 is 0 Å². The zero-order valence-corrected chi connectivity index (χ0v) is 19.0. The highest BCUT2D eigenvalue weighted by Gasteiger charge is 2.41. The second-order valence-corrected chi connectivity index (χ2v) is 9.84. The van der Waals surface area contributed by atoms with Gasteiger partial charge in [0.25, 0.3) is 5.91 Å². The largest absolute Gasteiger partial charge is 0.349 e. The zero-order valence-electron chi connectivity index (χ0n) is 19.0. The quantitative estimate of drug-likeness (QED) is 0.688. The van der Waals surface area contributed by atoms with Gasteiger partial charge in [-0.2, -0.15) is 0 Å². The molecule has 1 unspecified atom stereocenters. The summed E-state index contributed by atoms with van der Waals surface area (Å²) in [5.74, 6) is 0.00736. The highest BCUT2D eigenvalue weighted by atomic mass is 16.2. The second kappa shape index (κ2) is 9.75. The highest BCUT2D eigenvalue weighted by molar-refractivity contribution is 5.94. The van der Waals surface area contributed by atoms with Crippen LogP contribution in [-0.2, 0) is 4.79 Å². The molecule has 162 valence electrons. The van der Waals surface area contributed by atoms with E-state index in [1.807, 2.05) is 25.1 Å². The molecule has 2 amide bonds. The first-order chi connectivity index (χ1) is 13.5. The van der Waals surface area contributed by atoms with Gasteiger partial charge in [-0.25, -0.2) is 0 Å². The Bertz CT molecular complexity index is 669. The van der Waals surface area contributed by atoms with Gasteiger partial charge in [-0.05, 0) is 66.0 Å². The number of carbonyl (C=O) groups excluding carboxylic acids is 2. The van der Waals surface area contributed by atoms with E-state index >= 15 is 0 Å². The normalized spacial score (nSPS) is 19.4. The number of hydrogen-bond donors (Lipinski definition) is 2. The number of piperidine rings is 1. The Morgan fingerprint density at radius 3 is 2.28 bits per heavy atom. The second-order valence-electron chi connectivity index (χ2n) is 9.84. The molecule has 1 fully saturated rings. The van der Waals surface area contributed by atoms with Crippen molar-refractivity contribution in [3.63, 3.8) is 0 Å². The number of hydrogen-bond acceptors (Lipinski definition) is 3. The minimum Gasteiger partial charge on any atom is -0.349 e. The van der Waals surface area contributed by atoms with Gasteiger partial charge in [-0.3, -0.25) is 9.59 Å². The molecule has 0 spiro atoms. The average molecular weight is 402 g/mol. The van der Waals surface area contributed by atoms with Crippen molar-refractivity contribution in [2.24, 2.45) is 0 Å². The molecular weight excluding hydrogens is 362 g/mol. The lowest BCUT2D eigenvalue weighted by molar-refractivity contribution is -0.135. The van der Waals surface area contributed by atoms with Crippen LogP contribution in [0.2, 0.25) is 0 Å². The van der Waals surface area contributed by atoms with Crippen LogP contribution in [0.25, 0.3) is 0 Å². The van der Waals surface area contributed by atoms with Crippen molar-refractivity contribution >= 4 is 11.8 Å². The van der Waals surface area contributed by atoms with Crippen LogP contribution >= 0.6 is 0 Å². The van der Waals surface area contributed by atoms with E-state index in [-0.39, 0.29) is 35.0 Å². The Hall–Kier alpha value is -1.88. The summed E-state index contributed by atoms with van der Waals surface area (Å²) in [7, 11) is 0. The third-order valence-corrected chi connectivity index (χ3v) is 5.58. The van der Waals surface area contributed by atoms with Gasteiger partial charge in [0, 0.05) is 41.7 Å². The van der Waals surface area contributed by atoms with Crippen LogP contribution in [0.3, 0.4) is 0 Å². The summed E-state index contributed by atoms with van der Waals surface area (Å²) < 4.78 is 0. The van der Waals surface area contributed by atoms with Crippen LogP contribution in [0.15, 0.2) is 30.3 Å². The maximum absolute atomic E-state index is 13.3. The average Bonchev–Trinajstić information content (AvgIpc) is 2.60. The molecule has 29 heavy (non-hydrogen) atoms. The molecular formula is C24H39N3O2. The Labute approximate surface area is 176 Å². The van der Waals surface area contributed by atoms with Crippen molar-refractivity contribution in [3.8, 4) is 0 Å². The van der Waals surface area contributed by atoms with E-state index in [9.17, 15) is 9.59 Å². The minimum atomic E-state index is -0.206. The number of carbonyl (C=O) groups is 2. The first-order valence-corrected chi connectivity index (χ1v) is 11.0. The molecule has 1 aliphatic heterocycles. The van der Waals surface area contributed by atoms with E-state index in [0.29, 0.717) is 12.0 Å². The van der Waals surface area contributed by atoms with E-state index in [1.54, 1.807) is 12.1 Å².